The summed E-state index contributed by atoms with van der Waals surface area (Å²) in [7, 11) is 0. The van der Waals surface area contributed by atoms with Crippen LogP contribution in [0.5, 0.6) is 0 Å². The number of pyridine rings is 3. The van der Waals surface area contributed by atoms with Crippen LogP contribution in [-0.2, 0) is 32.9 Å². The monoisotopic (exact) mass is 985 g/mol. The van der Waals surface area contributed by atoms with E-state index < -0.39 is 35.2 Å². The first-order valence-electron chi connectivity index (χ1n) is 21.9. The first-order valence-corrected chi connectivity index (χ1v) is 21.9. The van der Waals surface area contributed by atoms with Gasteiger partial charge in [0.1, 0.15) is 17.5 Å². The number of ether oxygens (including phenoxy) is 1. The summed E-state index contributed by atoms with van der Waals surface area (Å²) in [6.07, 6.45) is 4.19. The number of aliphatic hydroxyl groups is 1. The fourth-order valence-electron chi connectivity index (χ4n) is 7.61. The maximum Gasteiger partial charge on any atom is 1.00 e. The van der Waals surface area contributed by atoms with Crippen molar-refractivity contribution in [1.82, 2.24) is 15.0 Å². The van der Waals surface area contributed by atoms with Crippen molar-refractivity contribution in [2.75, 3.05) is 42.3 Å². The van der Waals surface area contributed by atoms with E-state index >= 15 is 0 Å². The van der Waals surface area contributed by atoms with E-state index in [0.29, 0.717) is 41.9 Å². The quantitative estimate of drug-likeness (QED) is 0.0545. The van der Waals surface area contributed by atoms with E-state index in [1.807, 2.05) is 0 Å². The van der Waals surface area contributed by atoms with E-state index in [0.717, 1.165) is 133 Å². The topological polar surface area (TPSA) is 187 Å². The van der Waals surface area contributed by atoms with Gasteiger partial charge in [-0.15, -0.1) is 0 Å². The van der Waals surface area contributed by atoms with Crippen LogP contribution in [0, 0.1) is 17.8 Å². The van der Waals surface area contributed by atoms with Crippen LogP contribution < -0.4 is 34.8 Å². The Hall–Kier alpha value is -4.04. The Morgan fingerprint density at radius 2 is 0.971 bits per heavy atom. The van der Waals surface area contributed by atoms with Gasteiger partial charge in [-0.25, -0.2) is 15.0 Å². The second-order valence-electron chi connectivity index (χ2n) is 16.6. The summed E-state index contributed by atoms with van der Waals surface area (Å²) in [5.41, 5.74) is 6.10. The number of azide groups is 1. The molecule has 24 heteroatoms. The molecule has 0 atom stereocenters. The van der Waals surface area contributed by atoms with E-state index in [2.05, 4.69) is 47.9 Å². The number of nitrogens with zero attached hydrogens (tertiary/aromatic N) is 6. The molecule has 4 N–H and O–H groups in total. The van der Waals surface area contributed by atoms with Gasteiger partial charge in [-0.05, 0) is 150 Å². The third-order valence-corrected chi connectivity index (χ3v) is 11.5. The Kier molecular flexibility index (Phi) is 29.1. The molecule has 0 spiro atoms. The number of nitrogens with one attached hydrogen (secondary N) is 3. The van der Waals surface area contributed by atoms with E-state index in [9.17, 15) is 39.5 Å². The van der Waals surface area contributed by atoms with Crippen LogP contribution in [0.3, 0.4) is 0 Å². The predicted octanol–water partition coefficient (Wildman–Crippen LogP) is 7.68. The maximum absolute atomic E-state index is 12.4. The van der Waals surface area contributed by atoms with Gasteiger partial charge in [0.05, 0.1) is 16.7 Å². The Balaban J connectivity index is 0.000000911. The minimum absolute atomic E-state index is 0. The number of alkyl halides is 9. The molecule has 0 bridgehead atoms. The zero-order chi connectivity index (χ0) is 48.6. The van der Waals surface area contributed by atoms with Gasteiger partial charge >= 0.3 is 43.5 Å². The normalized spacial score (nSPS) is 22.2. The molecule has 1 saturated heterocycles. The second-order valence-corrected chi connectivity index (χ2v) is 16.6. The van der Waals surface area contributed by atoms with E-state index in [-0.39, 0.29) is 62.5 Å². The smallest absolute Gasteiger partial charge is 1.00 e. The number of carbonyl (C=O) groups excluding carboxylic acids is 2. The number of aromatic nitrogens is 3. The molecule has 3 aromatic heterocycles. The van der Waals surface area contributed by atoms with Crippen LogP contribution in [0.4, 0.5) is 57.0 Å². The minimum Gasteiger partial charge on any atom is -1.00 e. The number of hydrogen-bond acceptors (Lipinski definition) is 11. The van der Waals surface area contributed by atoms with Crippen molar-refractivity contribution in [3.8, 4) is 0 Å². The SMILES string of the molecule is C1CCOC1.CC1CCC(Nc2ccc(C(F)(F)F)cn2)CC1.O=C=O.OCC1CCC(Nc2ccc(C(F)(F)F)cn2)CC1.[AlH3].[H-].[Li+].[N-]=[N+]=NCC1CCC(Nc2ccc(C(F)(F)F)cn2)CC1. The van der Waals surface area contributed by atoms with Crippen molar-refractivity contribution < 1.29 is 79.2 Å². The number of aliphatic hydroxyl groups excluding tert-OH is 1. The van der Waals surface area contributed by atoms with Gasteiger partial charge < -0.3 is 27.2 Å². The minimum atomic E-state index is -4.36. The molecule has 4 fully saturated rings. The van der Waals surface area contributed by atoms with Gasteiger partial charge in [-0.3, -0.25) is 0 Å². The molecule has 3 saturated carbocycles. The van der Waals surface area contributed by atoms with Crippen LogP contribution in [0.1, 0.15) is 115 Å². The molecule has 1 aliphatic heterocycles. The van der Waals surface area contributed by atoms with Crippen molar-refractivity contribution >= 4 is 41.0 Å². The summed E-state index contributed by atoms with van der Waals surface area (Å²) in [6.45, 7) is 4.96. The molecule has 7 rings (SSSR count). The van der Waals surface area contributed by atoms with Crippen molar-refractivity contribution in [2.45, 2.75) is 133 Å². The van der Waals surface area contributed by atoms with Gasteiger partial charge in [0.2, 0.25) is 0 Å². The summed E-state index contributed by atoms with van der Waals surface area (Å²) < 4.78 is 116. The van der Waals surface area contributed by atoms with E-state index in [1.165, 1.54) is 31.0 Å². The van der Waals surface area contributed by atoms with Crippen LogP contribution in [0.2, 0.25) is 0 Å². The van der Waals surface area contributed by atoms with E-state index in [1.54, 1.807) is 0 Å². The summed E-state index contributed by atoms with van der Waals surface area (Å²) in [5.74, 6) is 2.98. The molecule has 0 amide bonds. The maximum atomic E-state index is 12.4. The third kappa shape index (κ3) is 24.5. The molecule has 4 heterocycles. The summed E-state index contributed by atoms with van der Waals surface area (Å²) in [4.78, 5) is 30.4. The van der Waals surface area contributed by atoms with Crippen molar-refractivity contribution in [3.05, 3.63) is 82.1 Å². The second kappa shape index (κ2) is 32.0. The predicted molar refractivity (Wildman–Crippen MR) is 239 cm³/mol. The van der Waals surface area contributed by atoms with Crippen LogP contribution in [-0.4, -0.2) is 88.1 Å². The largest absolute Gasteiger partial charge is 1.00 e. The zero-order valence-corrected chi connectivity index (χ0v) is 37.6. The van der Waals surface area contributed by atoms with Gasteiger partial charge in [0, 0.05) is 68.0 Å². The molecule has 13 nitrogen and oxygen atoms in total. The number of anilines is 3. The molecular weight excluding hydrogens is 923 g/mol. The molecule has 4 aliphatic rings. The van der Waals surface area contributed by atoms with Gasteiger partial charge in [0.25, 0.3) is 0 Å². The molecule has 3 aliphatic carbocycles. The van der Waals surface area contributed by atoms with Gasteiger partial charge in [0.15, 0.2) is 17.4 Å². The number of halogens is 9. The number of rotatable bonds is 9. The zero-order valence-electron chi connectivity index (χ0n) is 38.6. The molecular formula is C44H62AlF9LiN9O4. The summed E-state index contributed by atoms with van der Waals surface area (Å²) in [6, 6.07) is 8.03. The summed E-state index contributed by atoms with van der Waals surface area (Å²) >= 11 is 0. The Morgan fingerprint density at radius 1 is 0.647 bits per heavy atom. The molecule has 0 radical (unpaired) electrons. The van der Waals surface area contributed by atoms with Crippen LogP contribution in [0.15, 0.2) is 60.1 Å². The van der Waals surface area contributed by atoms with Gasteiger partial charge in [-0.2, -0.15) is 49.1 Å². The van der Waals surface area contributed by atoms with Crippen LogP contribution in [0.25, 0.3) is 10.4 Å². The standard InChI is InChI=1S/C13H16F3N5.C13H17F3N2O.C13H17F3N2.C4H8O.CO2.Al.Li.4H/c14-13(15,16)10-3-6-12(18-8-10)20-11-4-1-9(2-5-11)7-19-21-17;14-13(15,16)10-3-6-12(17-7-10)18-11-4-1-9(8-19)2-5-11;1-9-2-5-11(6-3-9)18-12-7-4-10(8-17-12)13(14,15)16;1-2-4-5-3-1;2-1-3;;;;;;/h3,6,8-9,11H,1-2,4-5,7H2,(H,18,20);3,6-7,9,11,19H,1-2,4-5,8H2,(H,17,18);4,7-9,11H,2-3,5-6H2,1H3,(H,17,18);1-4H2;;;;;;;/q;;;;;;+1;;;;-1. The molecule has 3 aromatic rings. The fourth-order valence-corrected chi connectivity index (χ4v) is 7.61. The fraction of sp³-hybridized carbons (Fsp3) is 0.636. The Labute approximate surface area is 414 Å². The van der Waals surface area contributed by atoms with E-state index in [4.69, 9.17) is 25.0 Å². The first kappa shape index (κ1) is 62.0. The Morgan fingerprint density at radius 3 is 1.22 bits per heavy atom. The third-order valence-electron chi connectivity index (χ3n) is 11.5. The molecule has 0 aromatic carbocycles. The molecule has 374 valence electrons. The average molecular weight is 986 g/mol. The molecule has 0 unspecified atom stereocenters. The summed E-state index contributed by atoms with van der Waals surface area (Å²) in [5, 5.41) is 22.1. The molecule has 68 heavy (non-hydrogen) atoms. The average Bonchev–Trinajstić information content (AvgIpc) is 3.89. The van der Waals surface area contributed by atoms with Gasteiger partial charge in [-0.1, -0.05) is 12.0 Å². The van der Waals surface area contributed by atoms with Crippen LogP contribution >= 0.6 is 0 Å². The van der Waals surface area contributed by atoms with Crippen molar-refractivity contribution in [2.24, 2.45) is 22.9 Å². The van der Waals surface area contributed by atoms with Crippen molar-refractivity contribution in [3.63, 3.8) is 0 Å². The first-order chi connectivity index (χ1) is 31.3. The number of hydrogen-bond donors (Lipinski definition) is 4. The Bertz CT molecular complexity index is 1880. The van der Waals surface area contributed by atoms with Crippen molar-refractivity contribution in [1.29, 1.82) is 0 Å².